The standard InChI is InChI=1S/C33H40ClN4OS/c1-38(2,23-10-24-39)22-9-19-36-21-15-27(29-14-13-28(34)26-31(29)36)25-33-37(30-11-4-5-12-32(30)40-33)20-8-18-35-16-6-3-7-17-35/h3-7,11-17,21,25-26,39H,8-10,18-20,22-24H2,1-2H3/q+3. The van der Waals surface area contributed by atoms with E-state index < -0.39 is 0 Å². The van der Waals surface area contributed by atoms with Crippen molar-refractivity contribution in [1.82, 2.24) is 0 Å². The Balaban J connectivity index is 1.39. The van der Waals surface area contributed by atoms with Gasteiger partial charge in [0.2, 0.25) is 5.52 Å². The van der Waals surface area contributed by atoms with E-state index in [4.69, 9.17) is 11.6 Å². The smallest absolute Gasteiger partial charge is 0.214 e. The molecule has 7 heteroatoms. The van der Waals surface area contributed by atoms with Gasteiger partial charge >= 0.3 is 0 Å². The molecule has 1 aliphatic heterocycles. The largest absolute Gasteiger partial charge is 0.396 e. The number of aliphatic hydroxyl groups is 1. The number of halogens is 1. The number of pyridine rings is 2. The fourth-order valence-electron chi connectivity index (χ4n) is 5.45. The topological polar surface area (TPSA) is 31.2 Å². The van der Waals surface area contributed by atoms with Gasteiger partial charge in [-0.25, -0.2) is 4.57 Å². The molecule has 0 fully saturated rings. The number of fused-ring (bicyclic) bond motifs is 2. The van der Waals surface area contributed by atoms with Gasteiger partial charge in [0.15, 0.2) is 25.1 Å². The highest BCUT2D eigenvalue weighted by Crippen LogP contribution is 2.46. The highest BCUT2D eigenvalue weighted by molar-refractivity contribution is 8.03. The lowest BCUT2D eigenvalue weighted by atomic mass is 10.1. The summed E-state index contributed by atoms with van der Waals surface area (Å²) >= 11 is 8.35. The molecule has 0 unspecified atom stereocenters. The number of nitrogens with zero attached hydrogens (tertiary/aromatic N) is 4. The first kappa shape index (κ1) is 28.6. The van der Waals surface area contributed by atoms with E-state index >= 15 is 0 Å². The summed E-state index contributed by atoms with van der Waals surface area (Å²) < 4.78 is 5.50. The number of aryl methyl sites for hydroxylation is 2. The van der Waals surface area contributed by atoms with Crippen molar-refractivity contribution in [3.63, 3.8) is 0 Å². The summed E-state index contributed by atoms with van der Waals surface area (Å²) in [4.78, 5) is 3.78. The molecule has 0 amide bonds. The second kappa shape index (κ2) is 13.2. The molecule has 0 radical (unpaired) electrons. The quantitative estimate of drug-likeness (QED) is 0.168. The Morgan fingerprint density at radius 1 is 0.900 bits per heavy atom. The highest BCUT2D eigenvalue weighted by Gasteiger charge is 2.25. The van der Waals surface area contributed by atoms with Crippen molar-refractivity contribution in [2.24, 2.45) is 0 Å². The lowest BCUT2D eigenvalue weighted by molar-refractivity contribution is -0.892. The number of hydrogen-bond acceptors (Lipinski definition) is 3. The van der Waals surface area contributed by atoms with E-state index in [2.05, 4.69) is 113 Å². The summed E-state index contributed by atoms with van der Waals surface area (Å²) in [6.07, 6.45) is 11.8. The number of aromatic nitrogens is 2. The maximum atomic E-state index is 9.23. The van der Waals surface area contributed by atoms with Crippen LogP contribution in [0.25, 0.3) is 17.0 Å². The second-order valence-corrected chi connectivity index (χ2v) is 12.6. The van der Waals surface area contributed by atoms with E-state index in [0.717, 1.165) is 67.0 Å². The van der Waals surface area contributed by atoms with Crippen LogP contribution < -0.4 is 14.0 Å². The summed E-state index contributed by atoms with van der Waals surface area (Å²) in [5.74, 6) is 0. The van der Waals surface area contributed by atoms with Gasteiger partial charge in [0, 0.05) is 60.2 Å². The van der Waals surface area contributed by atoms with Crippen LogP contribution in [0.4, 0.5) is 5.69 Å². The first-order valence-electron chi connectivity index (χ1n) is 14.2. The number of benzene rings is 2. The van der Waals surface area contributed by atoms with Crippen LogP contribution in [0, 0.1) is 0 Å². The third kappa shape index (κ3) is 7.05. The molecule has 0 atom stereocenters. The van der Waals surface area contributed by atoms with Crippen LogP contribution in [0.3, 0.4) is 0 Å². The number of rotatable bonds is 12. The summed E-state index contributed by atoms with van der Waals surface area (Å²) in [6.45, 7) is 5.17. The van der Waals surface area contributed by atoms with Crippen LogP contribution in [-0.4, -0.2) is 49.9 Å². The number of para-hydroxylation sites is 1. The van der Waals surface area contributed by atoms with Crippen molar-refractivity contribution in [3.05, 3.63) is 101 Å². The lowest BCUT2D eigenvalue weighted by Gasteiger charge is -2.29. The zero-order valence-corrected chi connectivity index (χ0v) is 25.1. The zero-order chi connectivity index (χ0) is 28.0. The van der Waals surface area contributed by atoms with Crippen molar-refractivity contribution in [2.45, 2.75) is 37.2 Å². The predicted octanol–water partition coefficient (Wildman–Crippen LogP) is 5.92. The van der Waals surface area contributed by atoms with Crippen LogP contribution in [0.2, 0.25) is 5.02 Å². The van der Waals surface area contributed by atoms with Gasteiger partial charge in [-0.3, -0.25) is 0 Å². The first-order valence-corrected chi connectivity index (χ1v) is 15.4. The maximum Gasteiger partial charge on any atom is 0.214 e. The van der Waals surface area contributed by atoms with Gasteiger partial charge < -0.3 is 14.5 Å². The molecule has 208 valence electrons. The molecule has 40 heavy (non-hydrogen) atoms. The zero-order valence-electron chi connectivity index (χ0n) is 23.5. The van der Waals surface area contributed by atoms with E-state index in [0.29, 0.717) is 0 Å². The van der Waals surface area contributed by atoms with Crippen molar-refractivity contribution >= 4 is 46.0 Å². The molecule has 2 aromatic carbocycles. The average molecular weight is 576 g/mol. The average Bonchev–Trinajstić information content (AvgIpc) is 3.30. The minimum atomic E-state index is 0.253. The molecule has 2 aromatic heterocycles. The van der Waals surface area contributed by atoms with Crippen LogP contribution in [0.1, 0.15) is 24.8 Å². The van der Waals surface area contributed by atoms with Gasteiger partial charge in [-0.15, -0.1) is 0 Å². The van der Waals surface area contributed by atoms with Crippen LogP contribution in [0.5, 0.6) is 0 Å². The number of anilines is 1. The number of thioether (sulfide) groups is 1. The van der Waals surface area contributed by atoms with Gasteiger partial charge in [-0.2, -0.15) is 4.57 Å². The molecule has 5 rings (SSSR count). The highest BCUT2D eigenvalue weighted by atomic mass is 35.5. The number of quaternary nitrogens is 1. The summed E-state index contributed by atoms with van der Waals surface area (Å²) in [7, 11) is 4.48. The SMILES string of the molecule is C[N+](C)(CCCO)CCC[n+]1ccc(/C=C2\Sc3ccccc3N2CCC[n+]2ccccc2)c2ccc(Cl)cc21. The first-order chi connectivity index (χ1) is 19.4. The van der Waals surface area contributed by atoms with Gasteiger partial charge in [0.1, 0.15) is 6.54 Å². The van der Waals surface area contributed by atoms with Crippen molar-refractivity contribution in [2.75, 3.05) is 45.2 Å². The molecule has 3 heterocycles. The van der Waals surface area contributed by atoms with Crippen LogP contribution >= 0.6 is 23.4 Å². The second-order valence-electron chi connectivity index (χ2n) is 11.1. The van der Waals surface area contributed by atoms with Crippen molar-refractivity contribution in [1.29, 1.82) is 0 Å². The molecule has 0 spiro atoms. The van der Waals surface area contributed by atoms with Crippen molar-refractivity contribution in [3.8, 4) is 0 Å². The van der Waals surface area contributed by atoms with Gasteiger partial charge in [-0.1, -0.05) is 41.6 Å². The van der Waals surface area contributed by atoms with E-state index in [1.807, 2.05) is 17.8 Å². The Bertz CT molecular complexity index is 1470. The normalized spacial score (nSPS) is 14.3. The van der Waals surface area contributed by atoms with Crippen LogP contribution in [0.15, 0.2) is 95.2 Å². The Hall–Kier alpha value is -2.90. The summed E-state index contributed by atoms with van der Waals surface area (Å²) in [5, 5.41) is 12.5. The molecule has 1 aliphatic rings. The van der Waals surface area contributed by atoms with Gasteiger partial charge in [0.05, 0.1) is 49.7 Å². The molecule has 1 N–H and O–H groups in total. The Labute approximate surface area is 247 Å². The van der Waals surface area contributed by atoms with Gasteiger partial charge in [-0.05, 0) is 35.9 Å². The summed E-state index contributed by atoms with van der Waals surface area (Å²) in [5.41, 5.74) is 3.66. The molecule has 0 aliphatic carbocycles. The number of aliphatic hydroxyl groups excluding tert-OH is 1. The number of hydrogen-bond donors (Lipinski definition) is 1. The third-order valence-electron chi connectivity index (χ3n) is 7.59. The molecular formula is C33H40ClN4OS+3. The van der Waals surface area contributed by atoms with E-state index in [9.17, 15) is 5.11 Å². The summed E-state index contributed by atoms with van der Waals surface area (Å²) in [6, 6.07) is 23.4. The van der Waals surface area contributed by atoms with E-state index in [1.54, 1.807) is 0 Å². The lowest BCUT2D eigenvalue weighted by Crippen LogP contribution is -2.44. The molecule has 5 nitrogen and oxygen atoms in total. The Morgan fingerprint density at radius 3 is 2.52 bits per heavy atom. The minimum absolute atomic E-state index is 0.253. The van der Waals surface area contributed by atoms with E-state index in [-0.39, 0.29) is 6.61 Å². The molecule has 0 saturated heterocycles. The molecule has 0 bridgehead atoms. The Kier molecular flexibility index (Phi) is 9.43. The maximum absolute atomic E-state index is 9.23. The molecule has 0 saturated carbocycles. The Morgan fingerprint density at radius 2 is 1.70 bits per heavy atom. The monoisotopic (exact) mass is 575 g/mol. The van der Waals surface area contributed by atoms with Gasteiger partial charge in [0.25, 0.3) is 0 Å². The molecule has 4 aromatic rings. The third-order valence-corrected chi connectivity index (χ3v) is 8.94. The molecular weight excluding hydrogens is 536 g/mol. The van der Waals surface area contributed by atoms with E-state index in [1.165, 1.54) is 26.6 Å². The fourth-order valence-corrected chi connectivity index (χ4v) is 6.75. The predicted molar refractivity (Wildman–Crippen MR) is 166 cm³/mol. The fraction of sp³-hybridized carbons (Fsp3) is 0.333. The van der Waals surface area contributed by atoms with Crippen LogP contribution in [-0.2, 0) is 13.1 Å². The minimum Gasteiger partial charge on any atom is -0.396 e. The van der Waals surface area contributed by atoms with Crippen molar-refractivity contribution < 1.29 is 18.7 Å².